The third kappa shape index (κ3) is 6.75. The van der Waals surface area contributed by atoms with Gasteiger partial charge in [-0.3, -0.25) is 0 Å². The van der Waals surface area contributed by atoms with Gasteiger partial charge in [0.2, 0.25) is 0 Å². The van der Waals surface area contributed by atoms with Crippen LogP contribution in [0.15, 0.2) is 72.8 Å². The molecule has 0 aromatic heterocycles. The molecule has 0 radical (unpaired) electrons. The Morgan fingerprint density at radius 2 is 1.55 bits per heavy atom. The Morgan fingerprint density at radius 3 is 2.14 bits per heavy atom. The molecule has 2 aliphatic rings. The first-order chi connectivity index (χ1) is 20.1. The number of carboxylic acids is 1. The molecule has 8 heteroatoms. The molecule has 2 N–H and O–H groups in total. The zero-order chi connectivity index (χ0) is 29.9. The maximum absolute atomic E-state index is 12.8. The van der Waals surface area contributed by atoms with Crippen molar-refractivity contribution in [3.05, 3.63) is 95.1 Å². The van der Waals surface area contributed by atoms with Crippen molar-refractivity contribution in [3.8, 4) is 11.1 Å². The summed E-state index contributed by atoms with van der Waals surface area (Å²) in [6.45, 7) is 6.89. The number of ether oxygens (including phenoxy) is 2. The molecule has 1 saturated heterocycles. The van der Waals surface area contributed by atoms with Crippen LogP contribution in [0, 0.1) is 0 Å². The van der Waals surface area contributed by atoms with E-state index >= 15 is 0 Å². The first kappa shape index (κ1) is 29.2. The molecular weight excluding hydrogens is 532 g/mol. The van der Waals surface area contributed by atoms with E-state index in [1.54, 1.807) is 4.90 Å². The van der Waals surface area contributed by atoms with Crippen molar-refractivity contribution >= 4 is 18.2 Å². The fourth-order valence-electron chi connectivity index (χ4n) is 5.91. The minimum atomic E-state index is -1.13. The van der Waals surface area contributed by atoms with Crippen molar-refractivity contribution in [1.82, 2.24) is 10.2 Å². The van der Waals surface area contributed by atoms with Crippen molar-refractivity contribution in [2.45, 2.75) is 63.5 Å². The summed E-state index contributed by atoms with van der Waals surface area (Å²) >= 11 is 0. The van der Waals surface area contributed by atoms with Gasteiger partial charge in [0.1, 0.15) is 18.2 Å². The molecule has 3 aromatic rings. The zero-order valence-corrected chi connectivity index (χ0v) is 24.3. The zero-order valence-electron chi connectivity index (χ0n) is 24.3. The standard InChI is InChI=1S/C34H38N2O6/c1-34(2,3)42-33(40)36-17-15-23(16-18-36)24-10-8-9-22(19-24)20-30(31(37)38)35-32(39)41-21-29-27-13-6-4-11-25(27)26-12-5-7-14-28(26)29/h4-14,19,23,29-30H,15-18,20-21H2,1-3H3,(H,35,39)(H,37,38)/t30-/m0/s1. The number of carbonyl (C=O) groups is 3. The van der Waals surface area contributed by atoms with Gasteiger partial charge in [-0.15, -0.1) is 0 Å². The van der Waals surface area contributed by atoms with E-state index in [0.717, 1.165) is 46.2 Å². The number of amides is 2. The number of hydrogen-bond donors (Lipinski definition) is 2. The van der Waals surface area contributed by atoms with Crippen LogP contribution in [0.1, 0.15) is 67.7 Å². The lowest BCUT2D eigenvalue weighted by Gasteiger charge is -2.33. The van der Waals surface area contributed by atoms with Gasteiger partial charge < -0.3 is 24.8 Å². The molecule has 1 fully saturated rings. The molecule has 1 atom stereocenters. The number of likely N-dealkylation sites (tertiary alicyclic amines) is 1. The number of fused-ring (bicyclic) bond motifs is 3. The number of nitrogens with one attached hydrogen (secondary N) is 1. The SMILES string of the molecule is CC(C)(C)OC(=O)N1CCC(c2cccc(C[C@H](NC(=O)OCC3c4ccccc4-c4ccccc43)C(=O)O)c2)CC1. The number of hydrogen-bond acceptors (Lipinski definition) is 5. The second kappa shape index (κ2) is 12.3. The summed E-state index contributed by atoms with van der Waals surface area (Å²) in [6, 6.07) is 22.8. The van der Waals surface area contributed by atoms with E-state index in [9.17, 15) is 19.5 Å². The number of piperidine rings is 1. The summed E-state index contributed by atoms with van der Waals surface area (Å²) in [4.78, 5) is 39.0. The van der Waals surface area contributed by atoms with Crippen LogP contribution in [0.2, 0.25) is 0 Å². The van der Waals surface area contributed by atoms with Crippen LogP contribution in [0.5, 0.6) is 0 Å². The maximum Gasteiger partial charge on any atom is 0.410 e. The Kier molecular flexibility index (Phi) is 8.52. The molecule has 42 heavy (non-hydrogen) atoms. The van der Waals surface area contributed by atoms with Gasteiger partial charge in [0.05, 0.1) is 0 Å². The molecule has 5 rings (SSSR count). The van der Waals surface area contributed by atoms with E-state index in [1.807, 2.05) is 81.4 Å². The molecule has 0 spiro atoms. The van der Waals surface area contributed by atoms with Crippen LogP contribution in [0.3, 0.4) is 0 Å². The minimum Gasteiger partial charge on any atom is -0.480 e. The number of aliphatic carboxylic acids is 1. The summed E-state index contributed by atoms with van der Waals surface area (Å²) in [5.74, 6) is -0.980. The van der Waals surface area contributed by atoms with Gasteiger partial charge in [-0.2, -0.15) is 0 Å². The Bertz CT molecular complexity index is 1410. The van der Waals surface area contributed by atoms with Gasteiger partial charge in [-0.25, -0.2) is 14.4 Å². The van der Waals surface area contributed by atoms with Crippen molar-refractivity contribution in [1.29, 1.82) is 0 Å². The summed E-state index contributed by atoms with van der Waals surface area (Å²) in [7, 11) is 0. The Morgan fingerprint density at radius 1 is 0.929 bits per heavy atom. The molecule has 0 bridgehead atoms. The number of alkyl carbamates (subject to hydrolysis) is 1. The normalized spacial score (nSPS) is 15.8. The van der Waals surface area contributed by atoms with Crippen LogP contribution in [-0.4, -0.2) is 59.5 Å². The quantitative estimate of drug-likeness (QED) is 0.344. The lowest BCUT2D eigenvalue weighted by molar-refractivity contribution is -0.139. The molecule has 1 aliphatic heterocycles. The highest BCUT2D eigenvalue weighted by atomic mass is 16.6. The minimum absolute atomic E-state index is 0.107. The van der Waals surface area contributed by atoms with Gasteiger partial charge in [-0.1, -0.05) is 72.8 Å². The summed E-state index contributed by atoms with van der Waals surface area (Å²) < 4.78 is 11.1. The molecule has 0 saturated carbocycles. The van der Waals surface area contributed by atoms with Gasteiger partial charge in [0.25, 0.3) is 0 Å². The topological polar surface area (TPSA) is 105 Å². The fourth-order valence-corrected chi connectivity index (χ4v) is 5.91. The third-order valence-corrected chi connectivity index (χ3v) is 7.94. The largest absolute Gasteiger partial charge is 0.480 e. The van der Waals surface area contributed by atoms with Crippen LogP contribution >= 0.6 is 0 Å². The second-order valence-corrected chi connectivity index (χ2v) is 12.1. The van der Waals surface area contributed by atoms with Crippen LogP contribution in [-0.2, 0) is 20.7 Å². The van der Waals surface area contributed by atoms with E-state index in [-0.39, 0.29) is 31.0 Å². The average molecular weight is 571 g/mol. The lowest BCUT2D eigenvalue weighted by atomic mass is 9.88. The Hall–Kier alpha value is -4.33. The van der Waals surface area contributed by atoms with Crippen molar-refractivity contribution in [2.24, 2.45) is 0 Å². The summed E-state index contributed by atoms with van der Waals surface area (Å²) in [5.41, 5.74) is 5.82. The highest BCUT2D eigenvalue weighted by molar-refractivity contribution is 5.81. The van der Waals surface area contributed by atoms with Crippen LogP contribution in [0.25, 0.3) is 11.1 Å². The molecule has 1 heterocycles. The van der Waals surface area contributed by atoms with Gasteiger partial charge in [0, 0.05) is 25.4 Å². The highest BCUT2D eigenvalue weighted by Gasteiger charge is 2.31. The molecular formula is C34H38N2O6. The van der Waals surface area contributed by atoms with E-state index in [1.165, 1.54) is 0 Å². The van der Waals surface area contributed by atoms with Crippen molar-refractivity contribution in [3.63, 3.8) is 0 Å². The second-order valence-electron chi connectivity index (χ2n) is 12.1. The van der Waals surface area contributed by atoms with Gasteiger partial charge in [-0.05, 0) is 72.9 Å². The molecule has 3 aromatic carbocycles. The fraction of sp³-hybridized carbons (Fsp3) is 0.382. The van der Waals surface area contributed by atoms with Gasteiger partial charge >= 0.3 is 18.2 Å². The predicted molar refractivity (Wildman–Crippen MR) is 160 cm³/mol. The maximum atomic E-state index is 12.8. The van der Waals surface area contributed by atoms with Crippen LogP contribution < -0.4 is 5.32 Å². The number of benzene rings is 3. The number of carbonyl (C=O) groups excluding carboxylic acids is 2. The number of rotatable bonds is 7. The number of carboxylic acid groups (broad SMARTS) is 1. The van der Waals surface area contributed by atoms with Crippen molar-refractivity contribution in [2.75, 3.05) is 19.7 Å². The third-order valence-electron chi connectivity index (χ3n) is 7.94. The molecule has 0 unspecified atom stereocenters. The first-order valence-electron chi connectivity index (χ1n) is 14.5. The first-order valence-corrected chi connectivity index (χ1v) is 14.5. The smallest absolute Gasteiger partial charge is 0.410 e. The molecule has 220 valence electrons. The van der Waals surface area contributed by atoms with E-state index < -0.39 is 23.7 Å². The number of nitrogens with zero attached hydrogens (tertiary/aromatic N) is 1. The Balaban J connectivity index is 1.17. The van der Waals surface area contributed by atoms with Gasteiger partial charge in [0.15, 0.2) is 0 Å². The monoisotopic (exact) mass is 570 g/mol. The van der Waals surface area contributed by atoms with E-state index in [4.69, 9.17) is 9.47 Å². The average Bonchev–Trinajstić information content (AvgIpc) is 3.28. The Labute approximate surface area is 246 Å². The van der Waals surface area contributed by atoms with E-state index in [2.05, 4.69) is 17.4 Å². The van der Waals surface area contributed by atoms with Crippen LogP contribution in [0.4, 0.5) is 9.59 Å². The molecule has 8 nitrogen and oxygen atoms in total. The lowest BCUT2D eigenvalue weighted by Crippen LogP contribution is -2.43. The predicted octanol–water partition coefficient (Wildman–Crippen LogP) is 6.34. The van der Waals surface area contributed by atoms with Crippen molar-refractivity contribution < 1.29 is 29.0 Å². The molecule has 1 aliphatic carbocycles. The summed E-state index contributed by atoms with van der Waals surface area (Å²) in [6.07, 6.45) is 0.671. The summed E-state index contributed by atoms with van der Waals surface area (Å²) in [5, 5.41) is 12.4. The van der Waals surface area contributed by atoms with E-state index in [0.29, 0.717) is 13.1 Å². The highest BCUT2D eigenvalue weighted by Crippen LogP contribution is 2.44. The molecule has 2 amide bonds.